The third-order valence-corrected chi connectivity index (χ3v) is 15.7. The molecule has 0 unspecified atom stereocenters. The average Bonchev–Trinajstić information content (AvgIpc) is 0.777. The fourth-order valence-electron chi connectivity index (χ4n) is 10.8. The number of nitrogens with zero attached hydrogens (tertiary/aromatic N) is 12. The predicted molar refractivity (Wildman–Crippen MR) is 318 cm³/mol. The Hall–Kier alpha value is -5.97. The van der Waals surface area contributed by atoms with Crippen LogP contribution in [0.25, 0.3) is 9.69 Å². The lowest BCUT2D eigenvalue weighted by molar-refractivity contribution is 0.0902. The van der Waals surface area contributed by atoms with Crippen molar-refractivity contribution in [2.24, 2.45) is 0 Å². The van der Waals surface area contributed by atoms with Gasteiger partial charge in [0.05, 0.1) is 33.7 Å². The van der Waals surface area contributed by atoms with Crippen molar-refractivity contribution in [2.45, 2.75) is 102 Å². The van der Waals surface area contributed by atoms with Crippen LogP contribution in [0.3, 0.4) is 0 Å². The van der Waals surface area contributed by atoms with Crippen molar-refractivity contribution >= 4 is 63.4 Å². The van der Waals surface area contributed by atoms with Gasteiger partial charge in [0.2, 0.25) is 0 Å². The largest absolute Gasteiger partial charge is 0.495 e. The molecule has 2 aromatic heterocycles. The Balaban J connectivity index is 0.000000202. The minimum Gasteiger partial charge on any atom is -0.495 e. The highest BCUT2D eigenvalue weighted by Gasteiger charge is 2.30. The van der Waals surface area contributed by atoms with Gasteiger partial charge in [-0.15, -0.1) is 9.97 Å². The molecule has 79 heavy (non-hydrogen) atoms. The second-order valence-corrected chi connectivity index (χ2v) is 20.9. The van der Waals surface area contributed by atoms with Crippen LogP contribution in [0, 0.1) is 13.1 Å². The fourth-order valence-corrected chi connectivity index (χ4v) is 10.9. The van der Waals surface area contributed by atoms with Gasteiger partial charge in [0.25, 0.3) is 0 Å². The minimum atomic E-state index is -3.07. The summed E-state index contributed by atoms with van der Waals surface area (Å²) in [5.74, 6) is -0.354. The Morgan fingerprint density at radius 1 is 0.620 bits per heavy atom. The van der Waals surface area contributed by atoms with Crippen LogP contribution in [0.4, 0.5) is 51.8 Å². The summed E-state index contributed by atoms with van der Waals surface area (Å²) in [4.78, 5) is 37.1. The van der Waals surface area contributed by atoms with E-state index in [2.05, 4.69) is 89.1 Å². The number of ether oxygens (including phenoxy) is 4. The lowest BCUT2D eigenvalue weighted by Gasteiger charge is -2.42. The number of likely N-dealkylation sites (N-methyl/N-ethyl adjacent to an activating group) is 2. The molecule has 0 aliphatic carbocycles. The Bertz CT molecular complexity index is 3280. The van der Waals surface area contributed by atoms with Crippen molar-refractivity contribution < 1.29 is 40.9 Å². The molecule has 4 aromatic rings. The number of nitrogens with one attached hydrogen (secondary N) is 3. The van der Waals surface area contributed by atoms with Gasteiger partial charge >= 0.3 is 11.6 Å². The van der Waals surface area contributed by atoms with Crippen LogP contribution in [-0.4, -0.2) is 197 Å². The third-order valence-electron chi connectivity index (χ3n) is 15.4. The molecule has 20 nitrogen and oxygen atoms in total. The molecule has 2 aromatic carbocycles. The van der Waals surface area contributed by atoms with E-state index in [9.17, 15) is 0 Å². The number of benzene rings is 2. The number of nitrogen functional groups attached to an aromatic ring is 1. The lowest BCUT2D eigenvalue weighted by Crippen LogP contribution is -2.52. The van der Waals surface area contributed by atoms with E-state index in [4.69, 9.17) is 71.4 Å². The molecule has 8 heterocycles. The predicted octanol–water partition coefficient (Wildman–Crippen LogP) is 8.48. The highest BCUT2D eigenvalue weighted by Crippen LogP contribution is 2.37. The van der Waals surface area contributed by atoms with Crippen molar-refractivity contribution in [3.8, 4) is 11.5 Å². The van der Waals surface area contributed by atoms with Gasteiger partial charge in [0.15, 0.2) is 34.0 Å². The molecule has 6 fully saturated rings. The zero-order valence-electron chi connectivity index (χ0n) is 61.2. The Labute approximate surface area is 496 Å². The molecule has 428 valence electrons. The molecule has 6 aliphatic rings. The van der Waals surface area contributed by atoms with Crippen molar-refractivity contribution in [3.63, 3.8) is 0 Å². The van der Waals surface area contributed by atoms with Crippen molar-refractivity contribution in [3.05, 3.63) is 75.8 Å². The van der Waals surface area contributed by atoms with E-state index in [1.54, 1.807) is 24.3 Å². The summed E-state index contributed by atoms with van der Waals surface area (Å²) in [6.45, 7) is 22.7. The summed E-state index contributed by atoms with van der Waals surface area (Å²) in [6, 6.07) is 11.2. The molecule has 10 rings (SSSR count). The zero-order valence-corrected chi connectivity index (χ0v) is 46.0. The summed E-state index contributed by atoms with van der Waals surface area (Å²) in [6.07, 6.45) is 0.913. The molecule has 0 bridgehead atoms. The Morgan fingerprint density at radius 2 is 1.09 bits per heavy atom. The van der Waals surface area contributed by atoms with Gasteiger partial charge in [-0.05, 0) is 89.7 Å². The monoisotopic (exact) mass is 1120 g/mol. The molecule has 0 atom stereocenters. The van der Waals surface area contributed by atoms with Gasteiger partial charge in [0.1, 0.15) is 11.5 Å². The molecule has 6 saturated heterocycles. The number of aryl methyl sites for hydroxylation is 2. The van der Waals surface area contributed by atoms with Crippen LogP contribution in [0.15, 0.2) is 36.4 Å². The first-order chi connectivity index (χ1) is 44.6. The second kappa shape index (κ2) is 29.5. The maximum atomic E-state index is 8.39. The maximum absolute atomic E-state index is 8.39. The van der Waals surface area contributed by atoms with Crippen LogP contribution in [0.5, 0.6) is 11.5 Å². The Morgan fingerprint density at radius 3 is 1.57 bits per heavy atom. The highest BCUT2D eigenvalue weighted by atomic mass is 35.5. The van der Waals surface area contributed by atoms with Crippen LogP contribution in [0.1, 0.15) is 98.4 Å². The third kappa shape index (κ3) is 16.1. The zero-order chi connectivity index (χ0) is 69.3. The molecular weight excluding hydrogens is 1020 g/mol. The number of methoxy groups -OCH3 is 2. The first-order valence-corrected chi connectivity index (χ1v) is 27.5. The van der Waals surface area contributed by atoms with Crippen molar-refractivity contribution in [2.75, 3.05) is 165 Å². The second-order valence-electron chi connectivity index (χ2n) is 20.5. The van der Waals surface area contributed by atoms with E-state index in [1.165, 1.54) is 6.07 Å². The molecule has 0 spiro atoms. The SMILES string of the molecule is [2H]C([2H])([2H])C([2H])([2H])c1nc([N+]#[C-])c(Cl)nc1NC1CCOCC1.[2H]C([2H])([2H])Oc1cc(N)ccc1N1CCC(N2CCN(C)CC2)CC1.[2H]C([2H])([2H])Oc1cc(Nc2nc(NC3CCOCC3)c(C([2H])([2H])C([2H])([2H])[2H])nc2[N+]#[C-])ccc1N1CCC(N2CCN(C)CC2)CC1. The van der Waals surface area contributed by atoms with E-state index in [0.29, 0.717) is 87.0 Å². The van der Waals surface area contributed by atoms with E-state index in [1.807, 2.05) is 6.07 Å². The average molecular weight is 1120 g/mol. The van der Waals surface area contributed by atoms with E-state index < -0.39 is 51.9 Å². The van der Waals surface area contributed by atoms with Crippen molar-refractivity contribution in [1.29, 1.82) is 0 Å². The van der Waals surface area contributed by atoms with Crippen LogP contribution < -0.4 is 41.0 Å². The summed E-state index contributed by atoms with van der Waals surface area (Å²) in [5, 5.41) is 8.95. The number of rotatable bonds is 14. The number of hydrogen-bond donors (Lipinski definition) is 4. The van der Waals surface area contributed by atoms with Gasteiger partial charge < -0.3 is 69.9 Å². The van der Waals surface area contributed by atoms with Crippen LogP contribution in [-0.2, 0) is 22.2 Å². The summed E-state index contributed by atoms with van der Waals surface area (Å²) < 4.78 is 145. The lowest BCUT2D eigenvalue weighted by atomic mass is 10.0. The maximum Gasteiger partial charge on any atom is 0.312 e. The Kier molecular flexibility index (Phi) is 15.3. The topological polar surface area (TPSA) is 179 Å². The van der Waals surface area contributed by atoms with Crippen LogP contribution in [0.2, 0.25) is 5.15 Å². The molecule has 21 heteroatoms. The van der Waals surface area contributed by atoms with Gasteiger partial charge in [-0.3, -0.25) is 9.80 Å². The van der Waals surface area contributed by atoms with Gasteiger partial charge in [0, 0.05) is 179 Å². The molecule has 0 saturated carbocycles. The van der Waals surface area contributed by atoms with Gasteiger partial charge in [-0.2, -0.15) is 0 Å². The number of aromatic nitrogens is 4. The number of piperidine rings is 2. The van der Waals surface area contributed by atoms with E-state index in [0.717, 1.165) is 110 Å². The summed E-state index contributed by atoms with van der Waals surface area (Å²) >= 11 is 5.87. The van der Waals surface area contributed by atoms with Crippen LogP contribution >= 0.6 is 11.6 Å². The van der Waals surface area contributed by atoms with Gasteiger partial charge in [-0.1, -0.05) is 38.4 Å². The number of anilines is 7. The molecule has 0 radical (unpaired) electrons. The standard InChI is InChI=1S/C29H42N8O2.C17H28N4O.C12H15ClN4O/c1-5-24-27(31-21-10-18-39-19-11-21)34-29(28(30-2)33-24)32-22-6-7-25(26(20-22)38-4)37-12-8-23(9-13-37)36-16-14-35(3)15-17-36;1-19-9-11-20(12-10-19)15-5-7-21(8-6-15)16-4-3-14(18)13-17(16)22-2;1-3-9-11(15-8-4-6-18-7-5-8)17-10(13)12(14-2)16-9/h6-7,20-21,23H,5,8-19H2,1,3-4H3,(H2,31,32,34);3-4,13,15H,5-12,18H2,1-2H3;8H,3-7H2,1H3,(H,15,17)/i1D3,4D3,5D2;2D3;1D3,3D2. The van der Waals surface area contributed by atoms with Crippen molar-refractivity contribution in [1.82, 2.24) is 39.5 Å². The highest BCUT2D eigenvalue weighted by molar-refractivity contribution is 6.31. The summed E-state index contributed by atoms with van der Waals surface area (Å²) in [7, 11) is -0.872. The smallest absolute Gasteiger partial charge is 0.312 e. The molecular formula is C58H85ClN16O4. The number of halogens is 1. The number of hydrogen-bond acceptors (Lipinski definition) is 18. The fraction of sp³-hybridized carbons (Fsp3) is 0.621. The van der Waals surface area contributed by atoms with E-state index >= 15 is 0 Å². The summed E-state index contributed by atoms with van der Waals surface area (Å²) in [5.41, 5.74) is 7.24. The molecule has 5 N–H and O–H groups in total. The first-order valence-electron chi connectivity index (χ1n) is 35.1. The quantitative estimate of drug-likeness (QED) is 0.0697. The first kappa shape index (κ1) is 41.1. The van der Waals surface area contributed by atoms with Gasteiger partial charge in [-0.25, -0.2) is 9.97 Å². The molecule has 0 amide bonds. The number of nitrogens with two attached hydrogens (primary N) is 1. The number of piperazine rings is 2. The van der Waals surface area contributed by atoms with E-state index in [-0.39, 0.29) is 52.1 Å². The molecule has 6 aliphatic heterocycles. The minimum absolute atomic E-state index is 0.0415. The normalized spacial score (nSPS) is 23.7.